The van der Waals surface area contributed by atoms with Crippen LogP contribution in [0.25, 0.3) is 0 Å². The number of morpholine rings is 1. The molecule has 0 radical (unpaired) electrons. The van der Waals surface area contributed by atoms with Crippen molar-refractivity contribution >= 4 is 29.3 Å². The highest BCUT2D eigenvalue weighted by molar-refractivity contribution is 6.30. The molecule has 0 aliphatic carbocycles. The lowest BCUT2D eigenvalue weighted by molar-refractivity contribution is -0.168. The Morgan fingerprint density at radius 3 is 2.33 bits per heavy atom. The van der Waals surface area contributed by atoms with Crippen molar-refractivity contribution in [2.75, 3.05) is 39.8 Å². The van der Waals surface area contributed by atoms with Gasteiger partial charge in [-0.15, -0.1) is 0 Å². The molecule has 2 aliphatic rings. The number of benzene rings is 1. The van der Waals surface area contributed by atoms with Crippen LogP contribution in [0.4, 0.5) is 0 Å². The van der Waals surface area contributed by atoms with E-state index in [9.17, 15) is 14.4 Å². The van der Waals surface area contributed by atoms with Gasteiger partial charge in [-0.3, -0.25) is 14.4 Å². The Labute approximate surface area is 178 Å². The third kappa shape index (κ3) is 3.93. The van der Waals surface area contributed by atoms with Crippen molar-refractivity contribution in [2.24, 2.45) is 0 Å². The van der Waals surface area contributed by atoms with E-state index in [4.69, 9.17) is 20.8 Å². The van der Waals surface area contributed by atoms with Gasteiger partial charge in [0.25, 0.3) is 11.8 Å². The van der Waals surface area contributed by atoms with Gasteiger partial charge in [-0.2, -0.15) is 0 Å². The number of amides is 3. The van der Waals surface area contributed by atoms with Gasteiger partial charge < -0.3 is 23.9 Å². The summed E-state index contributed by atoms with van der Waals surface area (Å²) in [7, 11) is 1.67. The third-order valence-corrected chi connectivity index (χ3v) is 5.80. The molecule has 2 aromatic rings. The molecule has 3 heterocycles. The summed E-state index contributed by atoms with van der Waals surface area (Å²) in [6.07, 6.45) is 0.642. The summed E-state index contributed by atoms with van der Waals surface area (Å²) in [4.78, 5) is 42.8. The molecule has 1 aromatic carbocycles. The maximum absolute atomic E-state index is 13.3. The molecule has 0 unspecified atom stereocenters. The normalized spacial score (nSPS) is 22.3. The summed E-state index contributed by atoms with van der Waals surface area (Å²) in [5.74, 6) is -0.286. The summed E-state index contributed by atoms with van der Waals surface area (Å²) in [6.45, 7) is 1.43. The first-order valence-electron chi connectivity index (χ1n) is 9.70. The molecule has 2 aliphatic heterocycles. The van der Waals surface area contributed by atoms with Crippen LogP contribution in [0.1, 0.15) is 22.2 Å². The van der Waals surface area contributed by atoms with Crippen LogP contribution in [-0.4, -0.2) is 78.4 Å². The van der Waals surface area contributed by atoms with Gasteiger partial charge in [0, 0.05) is 38.2 Å². The minimum Gasteiger partial charge on any atom is -0.459 e. The Hall–Kier alpha value is -2.84. The van der Waals surface area contributed by atoms with Crippen LogP contribution in [0.3, 0.4) is 0 Å². The van der Waals surface area contributed by atoms with E-state index >= 15 is 0 Å². The number of rotatable bonds is 3. The van der Waals surface area contributed by atoms with Gasteiger partial charge in [0.1, 0.15) is 6.61 Å². The highest BCUT2D eigenvalue weighted by atomic mass is 35.5. The highest BCUT2D eigenvalue weighted by Gasteiger charge is 2.42. The second kappa shape index (κ2) is 8.49. The van der Waals surface area contributed by atoms with Crippen molar-refractivity contribution in [2.45, 2.75) is 12.1 Å². The van der Waals surface area contributed by atoms with Gasteiger partial charge in [0.05, 0.1) is 12.3 Å². The average Bonchev–Trinajstić information content (AvgIpc) is 3.30. The lowest BCUT2D eigenvalue weighted by Crippen LogP contribution is -2.57. The van der Waals surface area contributed by atoms with Crippen molar-refractivity contribution < 1.29 is 23.5 Å². The minimum atomic E-state index is -0.818. The van der Waals surface area contributed by atoms with Crippen molar-refractivity contribution in [1.29, 1.82) is 0 Å². The van der Waals surface area contributed by atoms with Crippen LogP contribution in [0.2, 0.25) is 5.02 Å². The molecule has 158 valence electrons. The van der Waals surface area contributed by atoms with Crippen LogP contribution >= 0.6 is 11.6 Å². The quantitative estimate of drug-likeness (QED) is 0.740. The van der Waals surface area contributed by atoms with E-state index in [0.717, 1.165) is 5.56 Å². The SMILES string of the molecule is CN1C(=O)CO[C@H](C(=O)N2CCN(C(=O)c3ccco3)CC2)[C@@H]1c1ccc(Cl)cc1. The third-order valence-electron chi connectivity index (χ3n) is 5.55. The van der Waals surface area contributed by atoms with E-state index < -0.39 is 12.1 Å². The molecule has 3 amide bonds. The molecule has 1 aromatic heterocycles. The molecule has 0 bridgehead atoms. The van der Waals surface area contributed by atoms with E-state index in [-0.39, 0.29) is 30.1 Å². The van der Waals surface area contributed by atoms with Gasteiger partial charge in [-0.05, 0) is 29.8 Å². The number of hydrogen-bond acceptors (Lipinski definition) is 5. The van der Waals surface area contributed by atoms with E-state index in [1.54, 1.807) is 58.1 Å². The zero-order valence-corrected chi connectivity index (χ0v) is 17.2. The number of carbonyl (C=O) groups is 3. The van der Waals surface area contributed by atoms with Gasteiger partial charge >= 0.3 is 0 Å². The maximum atomic E-state index is 13.3. The standard InChI is InChI=1S/C21H22ClN3O5/c1-23-17(26)13-30-19(18(23)14-4-6-15(22)7-5-14)21(28)25-10-8-24(9-11-25)20(27)16-3-2-12-29-16/h2-7,12,18-19H,8-11,13H2,1H3/t18-,19-/m0/s1. The summed E-state index contributed by atoms with van der Waals surface area (Å²) in [5.41, 5.74) is 0.778. The van der Waals surface area contributed by atoms with E-state index in [1.165, 1.54) is 6.26 Å². The largest absolute Gasteiger partial charge is 0.459 e. The molecule has 2 saturated heterocycles. The smallest absolute Gasteiger partial charge is 0.289 e. The average molecular weight is 432 g/mol. The van der Waals surface area contributed by atoms with E-state index in [2.05, 4.69) is 0 Å². The molecule has 30 heavy (non-hydrogen) atoms. The molecule has 0 N–H and O–H groups in total. The molecular formula is C21H22ClN3O5. The number of piperazine rings is 1. The predicted molar refractivity (Wildman–Crippen MR) is 108 cm³/mol. The number of halogens is 1. The lowest BCUT2D eigenvalue weighted by Gasteiger charge is -2.42. The maximum Gasteiger partial charge on any atom is 0.289 e. The monoisotopic (exact) mass is 431 g/mol. The number of nitrogens with zero attached hydrogens (tertiary/aromatic N) is 3. The Morgan fingerprint density at radius 2 is 1.70 bits per heavy atom. The summed E-state index contributed by atoms with van der Waals surface area (Å²) >= 11 is 5.99. The number of ether oxygens (including phenoxy) is 1. The Morgan fingerprint density at radius 1 is 1.03 bits per heavy atom. The van der Waals surface area contributed by atoms with Crippen molar-refractivity contribution in [1.82, 2.24) is 14.7 Å². The lowest BCUT2D eigenvalue weighted by atomic mass is 9.97. The number of hydrogen-bond donors (Lipinski definition) is 0. The van der Waals surface area contributed by atoms with Crippen LogP contribution in [0, 0.1) is 0 Å². The Kier molecular flexibility index (Phi) is 5.78. The number of furan rings is 1. The van der Waals surface area contributed by atoms with E-state index in [0.29, 0.717) is 31.2 Å². The predicted octanol–water partition coefficient (Wildman–Crippen LogP) is 1.82. The molecule has 9 heteroatoms. The topological polar surface area (TPSA) is 83.3 Å². The van der Waals surface area contributed by atoms with Gasteiger partial charge in [-0.25, -0.2) is 0 Å². The summed E-state index contributed by atoms with van der Waals surface area (Å²) in [6, 6.07) is 9.80. The minimum absolute atomic E-state index is 0.145. The molecular weight excluding hydrogens is 410 g/mol. The summed E-state index contributed by atoms with van der Waals surface area (Å²) in [5, 5.41) is 0.574. The summed E-state index contributed by atoms with van der Waals surface area (Å²) < 4.78 is 10.9. The molecule has 8 nitrogen and oxygen atoms in total. The number of carbonyl (C=O) groups excluding carboxylic acids is 3. The fourth-order valence-corrected chi connectivity index (χ4v) is 3.97. The van der Waals surface area contributed by atoms with Gasteiger partial charge in [0.2, 0.25) is 5.91 Å². The Balaban J connectivity index is 1.47. The fourth-order valence-electron chi connectivity index (χ4n) is 3.84. The fraction of sp³-hybridized carbons (Fsp3) is 0.381. The second-order valence-electron chi connectivity index (χ2n) is 7.33. The molecule has 4 rings (SSSR count). The first-order valence-corrected chi connectivity index (χ1v) is 10.1. The molecule has 0 saturated carbocycles. The molecule has 2 atom stereocenters. The zero-order chi connectivity index (χ0) is 21.3. The Bertz CT molecular complexity index is 923. The van der Waals surface area contributed by atoms with Gasteiger partial charge in [0.15, 0.2) is 11.9 Å². The van der Waals surface area contributed by atoms with Crippen LogP contribution < -0.4 is 0 Å². The van der Waals surface area contributed by atoms with Crippen LogP contribution in [-0.2, 0) is 14.3 Å². The first kappa shape index (κ1) is 20.4. The molecule has 0 spiro atoms. The van der Waals surface area contributed by atoms with Gasteiger partial charge in [-0.1, -0.05) is 23.7 Å². The zero-order valence-electron chi connectivity index (χ0n) is 16.5. The van der Waals surface area contributed by atoms with Crippen LogP contribution in [0.15, 0.2) is 47.1 Å². The van der Waals surface area contributed by atoms with Crippen LogP contribution in [0.5, 0.6) is 0 Å². The van der Waals surface area contributed by atoms with Crippen molar-refractivity contribution in [3.8, 4) is 0 Å². The highest BCUT2D eigenvalue weighted by Crippen LogP contribution is 2.31. The van der Waals surface area contributed by atoms with Crippen molar-refractivity contribution in [3.05, 3.63) is 59.0 Å². The molecule has 2 fully saturated rings. The first-order chi connectivity index (χ1) is 14.5. The van der Waals surface area contributed by atoms with E-state index in [1.807, 2.05) is 0 Å². The number of likely N-dealkylation sites (N-methyl/N-ethyl adjacent to an activating group) is 1. The second-order valence-corrected chi connectivity index (χ2v) is 7.76. The van der Waals surface area contributed by atoms with Crippen molar-refractivity contribution in [3.63, 3.8) is 0 Å².